The van der Waals surface area contributed by atoms with Gasteiger partial charge in [-0.15, -0.1) is 0 Å². The molecule has 1 aliphatic rings. The van der Waals surface area contributed by atoms with Gasteiger partial charge in [0.05, 0.1) is 10.7 Å². The summed E-state index contributed by atoms with van der Waals surface area (Å²) in [7, 11) is 0. The van der Waals surface area contributed by atoms with Crippen molar-refractivity contribution in [3.8, 4) is 11.5 Å². The van der Waals surface area contributed by atoms with E-state index in [1.165, 1.54) is 11.1 Å². The number of ether oxygens (including phenoxy) is 1. The van der Waals surface area contributed by atoms with Crippen LogP contribution < -0.4 is 15.4 Å². The first kappa shape index (κ1) is 26.6. The molecule has 1 aliphatic heterocycles. The van der Waals surface area contributed by atoms with Crippen molar-refractivity contribution in [2.24, 2.45) is 0 Å². The molecule has 2 unspecified atom stereocenters. The molecule has 2 atom stereocenters. The Hall–Kier alpha value is -2.44. The van der Waals surface area contributed by atoms with Gasteiger partial charge in [0.2, 0.25) is 0 Å². The van der Waals surface area contributed by atoms with Gasteiger partial charge in [-0.2, -0.15) is 0 Å². The fourth-order valence-corrected chi connectivity index (χ4v) is 5.37. The van der Waals surface area contributed by atoms with Crippen LogP contribution in [0.1, 0.15) is 42.5 Å². The predicted molar refractivity (Wildman–Crippen MR) is 150 cm³/mol. The van der Waals surface area contributed by atoms with Crippen molar-refractivity contribution in [2.45, 2.75) is 32.2 Å². The first-order valence-electron chi connectivity index (χ1n) is 12.6. The number of rotatable bonds is 10. The Labute approximate surface area is 224 Å². The number of nitrogens with zero attached hydrogens (tertiary/aromatic N) is 1. The van der Waals surface area contributed by atoms with E-state index < -0.39 is 0 Å². The highest BCUT2D eigenvalue weighted by molar-refractivity contribution is 6.33. The van der Waals surface area contributed by atoms with Gasteiger partial charge >= 0.3 is 0 Å². The number of aromatic hydroxyl groups is 1. The van der Waals surface area contributed by atoms with E-state index in [0.717, 1.165) is 55.5 Å². The Morgan fingerprint density at radius 2 is 1.94 bits per heavy atom. The van der Waals surface area contributed by atoms with Crippen molar-refractivity contribution in [3.05, 3.63) is 87.4 Å². The van der Waals surface area contributed by atoms with Crippen molar-refractivity contribution >= 4 is 28.9 Å². The van der Waals surface area contributed by atoms with Crippen molar-refractivity contribution in [1.82, 2.24) is 10.2 Å². The summed E-state index contributed by atoms with van der Waals surface area (Å²) in [6, 6.07) is 20.6. The molecule has 1 saturated heterocycles. The Morgan fingerprint density at radius 1 is 1.14 bits per heavy atom. The summed E-state index contributed by atoms with van der Waals surface area (Å²) in [4.78, 5) is 2.46. The van der Waals surface area contributed by atoms with Gasteiger partial charge in [0.1, 0.15) is 12.4 Å². The zero-order valence-electron chi connectivity index (χ0n) is 20.9. The second-order valence-electron chi connectivity index (χ2n) is 9.30. The number of phenols is 1. The Morgan fingerprint density at radius 3 is 2.69 bits per heavy atom. The number of hydrogen-bond donors (Lipinski definition) is 3. The number of piperazine rings is 1. The zero-order valence-corrected chi connectivity index (χ0v) is 22.4. The largest absolute Gasteiger partial charge is 0.504 e. The maximum absolute atomic E-state index is 10.4. The number of hydrogen-bond acceptors (Lipinski definition) is 5. The second kappa shape index (κ2) is 12.7. The lowest BCUT2D eigenvalue weighted by molar-refractivity contribution is 0.134. The number of benzene rings is 3. The molecule has 36 heavy (non-hydrogen) atoms. The van der Waals surface area contributed by atoms with Crippen LogP contribution >= 0.6 is 23.2 Å². The van der Waals surface area contributed by atoms with Crippen LogP contribution in [0.15, 0.2) is 60.7 Å². The number of anilines is 1. The third kappa shape index (κ3) is 6.65. The van der Waals surface area contributed by atoms with Crippen LogP contribution in [0.2, 0.25) is 10.0 Å². The summed E-state index contributed by atoms with van der Waals surface area (Å²) in [5, 5.41) is 18.2. The predicted octanol–water partition coefficient (Wildman–Crippen LogP) is 6.50. The fourth-order valence-electron chi connectivity index (χ4n) is 4.82. The normalized spacial score (nSPS) is 17.1. The van der Waals surface area contributed by atoms with Crippen molar-refractivity contribution in [3.63, 3.8) is 0 Å². The first-order chi connectivity index (χ1) is 17.5. The summed E-state index contributed by atoms with van der Waals surface area (Å²) < 4.78 is 6.08. The van der Waals surface area contributed by atoms with Crippen molar-refractivity contribution < 1.29 is 9.84 Å². The van der Waals surface area contributed by atoms with Crippen LogP contribution in [0.3, 0.4) is 0 Å². The number of nitrogens with one attached hydrogen (secondary N) is 2. The van der Waals surface area contributed by atoms with Gasteiger partial charge in [-0.25, -0.2) is 0 Å². The molecule has 1 heterocycles. The van der Waals surface area contributed by atoms with E-state index >= 15 is 0 Å². The third-order valence-corrected chi connectivity index (χ3v) is 7.38. The van der Waals surface area contributed by atoms with Gasteiger partial charge in [-0.3, -0.25) is 4.90 Å². The Kier molecular flexibility index (Phi) is 9.38. The van der Waals surface area contributed by atoms with E-state index in [-0.39, 0.29) is 11.7 Å². The molecule has 3 aromatic carbocycles. The van der Waals surface area contributed by atoms with E-state index in [4.69, 9.17) is 27.9 Å². The molecule has 0 amide bonds. The minimum atomic E-state index is 0.119. The maximum Gasteiger partial charge on any atom is 0.157 e. The van der Waals surface area contributed by atoms with Gasteiger partial charge in [0.25, 0.3) is 0 Å². The average Bonchev–Trinajstić information content (AvgIpc) is 2.88. The third-order valence-electron chi connectivity index (χ3n) is 6.74. The summed E-state index contributed by atoms with van der Waals surface area (Å²) in [5.74, 6) is 1.15. The van der Waals surface area contributed by atoms with Gasteiger partial charge < -0.3 is 20.5 Å². The zero-order chi connectivity index (χ0) is 25.5. The van der Waals surface area contributed by atoms with Gasteiger partial charge in [-0.05, 0) is 66.3 Å². The SMILES string of the molecule is CCNc1ccc(C(C)Cc2ccc(OCCN3CCNCC3c3cccc(Cl)c3)cc2)c(Cl)c1O. The van der Waals surface area contributed by atoms with Crippen molar-refractivity contribution in [2.75, 3.05) is 44.6 Å². The van der Waals surface area contributed by atoms with Crippen LogP contribution in [0, 0.1) is 0 Å². The molecular weight excluding hydrogens is 493 g/mol. The minimum absolute atomic E-state index is 0.119. The standard InChI is InChI=1S/C29H35Cl2N3O2/c1-3-33-26-12-11-25(28(31)29(26)35)20(2)17-21-7-9-24(10-8-21)36-16-15-34-14-13-32-19-27(34)22-5-4-6-23(30)18-22/h4-12,18,20,27,32-33,35H,3,13-17,19H2,1-2H3. The van der Waals surface area contributed by atoms with Crippen LogP contribution in [0.4, 0.5) is 5.69 Å². The molecule has 1 fully saturated rings. The van der Waals surface area contributed by atoms with E-state index in [1.807, 2.05) is 43.3 Å². The molecule has 0 aliphatic carbocycles. The summed E-state index contributed by atoms with van der Waals surface area (Å²) >= 11 is 12.7. The smallest absolute Gasteiger partial charge is 0.157 e. The molecule has 0 bridgehead atoms. The molecule has 0 saturated carbocycles. The molecule has 3 aromatic rings. The second-order valence-corrected chi connectivity index (χ2v) is 10.1. The number of phenolic OH excluding ortho intramolecular Hbond substituents is 1. The quantitative estimate of drug-likeness (QED) is 0.262. The van der Waals surface area contributed by atoms with E-state index in [2.05, 4.69) is 46.7 Å². The molecule has 3 N–H and O–H groups in total. The monoisotopic (exact) mass is 527 g/mol. The fraction of sp³-hybridized carbons (Fsp3) is 0.379. The molecule has 0 aromatic heterocycles. The molecule has 192 valence electrons. The molecule has 0 spiro atoms. The van der Waals surface area contributed by atoms with Crippen LogP contribution in [0.25, 0.3) is 0 Å². The molecule has 7 heteroatoms. The Bertz CT molecular complexity index is 1140. The molecule has 0 radical (unpaired) electrons. The summed E-state index contributed by atoms with van der Waals surface area (Å²) in [6.45, 7) is 9.18. The minimum Gasteiger partial charge on any atom is -0.504 e. The lowest BCUT2D eigenvalue weighted by Crippen LogP contribution is -2.47. The topological polar surface area (TPSA) is 56.8 Å². The van der Waals surface area contributed by atoms with Crippen molar-refractivity contribution in [1.29, 1.82) is 0 Å². The van der Waals surface area contributed by atoms with E-state index in [9.17, 15) is 5.11 Å². The lowest BCUT2D eigenvalue weighted by Gasteiger charge is -2.36. The van der Waals surface area contributed by atoms with Crippen LogP contribution in [-0.4, -0.2) is 49.3 Å². The van der Waals surface area contributed by atoms with Gasteiger partial charge in [0, 0.05) is 43.8 Å². The summed E-state index contributed by atoms with van der Waals surface area (Å²) in [6.07, 6.45) is 0.822. The van der Waals surface area contributed by atoms with E-state index in [1.54, 1.807) is 0 Å². The van der Waals surface area contributed by atoms with E-state index in [0.29, 0.717) is 23.4 Å². The lowest BCUT2D eigenvalue weighted by atomic mass is 9.93. The highest BCUT2D eigenvalue weighted by Crippen LogP contribution is 2.39. The molecular formula is C29H35Cl2N3O2. The van der Waals surface area contributed by atoms with Gasteiger partial charge in [-0.1, -0.05) is 60.5 Å². The first-order valence-corrected chi connectivity index (χ1v) is 13.4. The maximum atomic E-state index is 10.4. The molecule has 4 rings (SSSR count). The van der Waals surface area contributed by atoms with Crippen LogP contribution in [-0.2, 0) is 6.42 Å². The highest BCUT2D eigenvalue weighted by Gasteiger charge is 2.23. The average molecular weight is 529 g/mol. The highest BCUT2D eigenvalue weighted by atomic mass is 35.5. The van der Waals surface area contributed by atoms with Crippen LogP contribution in [0.5, 0.6) is 11.5 Å². The van der Waals surface area contributed by atoms with Gasteiger partial charge in [0.15, 0.2) is 5.75 Å². The Balaban J connectivity index is 1.31. The molecule has 5 nitrogen and oxygen atoms in total. The number of halogens is 2. The summed E-state index contributed by atoms with van der Waals surface area (Å²) in [5.41, 5.74) is 4.04.